The third-order valence-corrected chi connectivity index (χ3v) is 10.1. The lowest BCUT2D eigenvalue weighted by molar-refractivity contribution is -0.126. The lowest BCUT2D eigenvalue weighted by Crippen LogP contribution is -2.57. The number of hydrogen-bond acceptors (Lipinski definition) is 12. The van der Waals surface area contributed by atoms with Crippen LogP contribution < -0.4 is 15.1 Å². The van der Waals surface area contributed by atoms with Gasteiger partial charge in [0.25, 0.3) is 0 Å². The molecule has 3 aliphatic heterocycles. The van der Waals surface area contributed by atoms with E-state index < -0.39 is 22.1 Å². The van der Waals surface area contributed by atoms with Gasteiger partial charge in [-0.1, -0.05) is 6.58 Å². The second kappa shape index (κ2) is 12.4. The minimum absolute atomic E-state index is 0.0131. The standard InChI is InChI=1S/C30H38FN9O4S/c1-5-27(41)39-11-6-7-23(39)28-20-13-26(34-25-8-10-32-30(35-25)38-12-9-24(44-3)22(31)16-38)33-14-21(20)29(37-36-28)40-15-19(18(40)2)17-45(4,42)43/h5,8,10,13-14,18-19,22-24H,1,6-7,9,11-12,15-17H2,2-4H3,(H,32,33,34,35)/t18-,19-,22+,23+,24-/m1/s1. The molecule has 3 fully saturated rings. The lowest BCUT2D eigenvalue weighted by atomic mass is 9.91. The van der Waals surface area contributed by atoms with Crippen LogP contribution in [0.15, 0.2) is 37.2 Å². The molecule has 0 aliphatic carbocycles. The van der Waals surface area contributed by atoms with Crippen molar-refractivity contribution in [1.29, 1.82) is 0 Å². The van der Waals surface area contributed by atoms with Gasteiger partial charge in [0.05, 0.1) is 30.1 Å². The van der Waals surface area contributed by atoms with Crippen LogP contribution in [0, 0.1) is 5.92 Å². The van der Waals surface area contributed by atoms with E-state index in [1.54, 1.807) is 28.3 Å². The predicted octanol–water partition coefficient (Wildman–Crippen LogP) is 2.84. The molecule has 13 nitrogen and oxygen atoms in total. The Morgan fingerprint density at radius 2 is 2.00 bits per heavy atom. The van der Waals surface area contributed by atoms with Gasteiger partial charge in [0.15, 0.2) is 5.82 Å². The van der Waals surface area contributed by atoms with E-state index in [1.807, 2.05) is 17.9 Å². The summed E-state index contributed by atoms with van der Waals surface area (Å²) >= 11 is 0. The zero-order valence-corrected chi connectivity index (χ0v) is 26.5. The van der Waals surface area contributed by atoms with Crippen LogP contribution in [0.25, 0.3) is 10.8 Å². The summed E-state index contributed by atoms with van der Waals surface area (Å²) in [6.45, 7) is 7.50. The molecule has 0 unspecified atom stereocenters. The lowest BCUT2D eigenvalue weighted by Gasteiger charge is -2.47. The Bertz CT molecular complexity index is 1710. The molecule has 3 aromatic rings. The van der Waals surface area contributed by atoms with Gasteiger partial charge >= 0.3 is 0 Å². The summed E-state index contributed by atoms with van der Waals surface area (Å²) in [5.74, 6) is 1.95. The summed E-state index contributed by atoms with van der Waals surface area (Å²) < 4.78 is 43.7. The van der Waals surface area contributed by atoms with Crippen molar-refractivity contribution in [1.82, 2.24) is 30.0 Å². The third kappa shape index (κ3) is 6.27. The van der Waals surface area contributed by atoms with Crippen LogP contribution in [0.4, 0.5) is 27.8 Å². The van der Waals surface area contributed by atoms with Crippen LogP contribution in [0.5, 0.6) is 0 Å². The molecular weight excluding hydrogens is 601 g/mol. The number of pyridine rings is 1. The number of aromatic nitrogens is 5. The molecule has 6 heterocycles. The first-order chi connectivity index (χ1) is 21.6. The number of likely N-dealkylation sites (tertiary alicyclic amines) is 1. The van der Waals surface area contributed by atoms with Gasteiger partial charge in [0, 0.05) is 68.1 Å². The molecule has 15 heteroatoms. The number of rotatable bonds is 9. The summed E-state index contributed by atoms with van der Waals surface area (Å²) in [6, 6.07) is 3.26. The molecular formula is C30H38FN9O4S. The molecule has 0 aromatic carbocycles. The zero-order chi connectivity index (χ0) is 31.9. The summed E-state index contributed by atoms with van der Waals surface area (Å²) in [5.41, 5.74) is 0.658. The molecule has 3 saturated heterocycles. The fourth-order valence-corrected chi connectivity index (χ4v) is 7.76. The molecule has 1 amide bonds. The van der Waals surface area contributed by atoms with Crippen molar-refractivity contribution in [3.63, 3.8) is 0 Å². The highest BCUT2D eigenvalue weighted by Crippen LogP contribution is 2.40. The molecule has 0 spiro atoms. The Labute approximate surface area is 261 Å². The number of nitrogens with one attached hydrogen (secondary N) is 1. The van der Waals surface area contributed by atoms with E-state index in [0.717, 1.165) is 23.6 Å². The van der Waals surface area contributed by atoms with Crippen LogP contribution in [-0.4, -0.2) is 108 Å². The quantitative estimate of drug-likeness (QED) is 0.344. The predicted molar refractivity (Wildman–Crippen MR) is 169 cm³/mol. The van der Waals surface area contributed by atoms with Crippen LogP contribution in [0.1, 0.15) is 37.9 Å². The minimum Gasteiger partial charge on any atom is -0.378 e. The molecule has 0 bridgehead atoms. The maximum atomic E-state index is 14.6. The topological polar surface area (TPSA) is 147 Å². The van der Waals surface area contributed by atoms with Crippen molar-refractivity contribution in [2.45, 2.75) is 50.5 Å². The van der Waals surface area contributed by atoms with Gasteiger partial charge < -0.3 is 24.8 Å². The summed E-state index contributed by atoms with van der Waals surface area (Å²) in [7, 11) is -1.60. The molecule has 3 aliphatic rings. The fraction of sp³-hybridized carbons (Fsp3) is 0.533. The molecule has 1 N–H and O–H groups in total. The van der Waals surface area contributed by atoms with Crippen LogP contribution in [-0.2, 0) is 19.4 Å². The highest BCUT2D eigenvalue weighted by atomic mass is 32.2. The maximum absolute atomic E-state index is 14.6. The summed E-state index contributed by atoms with van der Waals surface area (Å²) in [6.07, 6.45) is 6.43. The summed E-state index contributed by atoms with van der Waals surface area (Å²) in [5, 5.41) is 14.1. The van der Waals surface area contributed by atoms with Gasteiger partial charge in [-0.3, -0.25) is 4.79 Å². The largest absolute Gasteiger partial charge is 0.378 e. The van der Waals surface area contributed by atoms with E-state index in [2.05, 4.69) is 37.0 Å². The van der Waals surface area contributed by atoms with Gasteiger partial charge in [-0.2, -0.15) is 10.1 Å². The molecule has 45 heavy (non-hydrogen) atoms. The monoisotopic (exact) mass is 639 g/mol. The van der Waals surface area contributed by atoms with Crippen molar-refractivity contribution in [2.75, 3.05) is 60.4 Å². The van der Waals surface area contributed by atoms with Gasteiger partial charge in [0.2, 0.25) is 11.9 Å². The summed E-state index contributed by atoms with van der Waals surface area (Å²) in [4.78, 5) is 32.0. The SMILES string of the molecule is C=CC(=O)N1CCC[C@H]1c1nnc(N2C[C@H](CS(C)(=O)=O)[C@H]2C)c2cnc(Nc3ccnc(N4CC[C@@H](OC)[C@@H](F)C4)n3)cc12. The number of amides is 1. The minimum atomic E-state index is -3.12. The number of hydrogen-bond donors (Lipinski definition) is 1. The van der Waals surface area contributed by atoms with Crippen molar-refractivity contribution < 1.29 is 22.3 Å². The van der Waals surface area contributed by atoms with E-state index in [0.29, 0.717) is 55.2 Å². The smallest absolute Gasteiger partial charge is 0.246 e. The van der Waals surface area contributed by atoms with Gasteiger partial charge in [-0.05, 0) is 44.4 Å². The average molecular weight is 640 g/mol. The Balaban J connectivity index is 1.33. The second-order valence-corrected chi connectivity index (χ2v) is 14.2. The van der Waals surface area contributed by atoms with Crippen molar-refractivity contribution in [3.8, 4) is 0 Å². The Hall–Kier alpha value is -3.98. The molecule has 0 radical (unpaired) electrons. The molecule has 240 valence electrons. The van der Waals surface area contributed by atoms with Crippen molar-refractivity contribution in [3.05, 3.63) is 42.9 Å². The number of carbonyl (C=O) groups is 1. The first-order valence-electron chi connectivity index (χ1n) is 15.1. The van der Waals surface area contributed by atoms with E-state index in [1.165, 1.54) is 19.4 Å². The Morgan fingerprint density at radius 3 is 2.71 bits per heavy atom. The highest BCUT2D eigenvalue weighted by molar-refractivity contribution is 7.90. The number of nitrogens with zero attached hydrogens (tertiary/aromatic N) is 8. The number of sulfone groups is 1. The number of fused-ring (bicyclic) bond motifs is 1. The average Bonchev–Trinajstić information content (AvgIpc) is 3.51. The van der Waals surface area contributed by atoms with Gasteiger partial charge in [-0.15, -0.1) is 5.10 Å². The molecule has 5 atom stereocenters. The van der Waals surface area contributed by atoms with Crippen molar-refractivity contribution in [2.24, 2.45) is 5.92 Å². The van der Waals surface area contributed by atoms with E-state index >= 15 is 0 Å². The molecule has 3 aromatic heterocycles. The normalized spacial score (nSPS) is 25.3. The Morgan fingerprint density at radius 1 is 1.18 bits per heavy atom. The van der Waals surface area contributed by atoms with Gasteiger partial charge in [0.1, 0.15) is 27.6 Å². The number of halogens is 1. The van der Waals surface area contributed by atoms with Crippen LogP contribution >= 0.6 is 0 Å². The first-order valence-corrected chi connectivity index (χ1v) is 17.2. The fourth-order valence-electron chi connectivity index (χ4n) is 6.59. The zero-order valence-electron chi connectivity index (χ0n) is 25.6. The number of ether oxygens (including phenoxy) is 1. The number of carbonyl (C=O) groups excluding carboxylic acids is 1. The highest BCUT2D eigenvalue weighted by Gasteiger charge is 2.40. The maximum Gasteiger partial charge on any atom is 0.246 e. The Kier molecular flexibility index (Phi) is 8.57. The number of anilines is 4. The second-order valence-electron chi connectivity index (χ2n) is 12.1. The molecule has 0 saturated carbocycles. The number of piperidine rings is 1. The van der Waals surface area contributed by atoms with Crippen molar-refractivity contribution >= 4 is 49.9 Å². The van der Waals surface area contributed by atoms with E-state index in [9.17, 15) is 17.6 Å². The first kappa shape index (κ1) is 31.0. The van der Waals surface area contributed by atoms with E-state index in [-0.39, 0.29) is 36.2 Å². The van der Waals surface area contributed by atoms with Gasteiger partial charge in [-0.25, -0.2) is 22.8 Å². The molecule has 6 rings (SSSR count). The van der Waals surface area contributed by atoms with Crippen LogP contribution in [0.2, 0.25) is 0 Å². The third-order valence-electron chi connectivity index (χ3n) is 9.06. The number of alkyl halides is 1. The van der Waals surface area contributed by atoms with Crippen LogP contribution in [0.3, 0.4) is 0 Å². The van der Waals surface area contributed by atoms with E-state index in [4.69, 9.17) is 4.74 Å². The number of methoxy groups -OCH3 is 1.